The zero-order chi connectivity index (χ0) is 51.0. The van der Waals surface area contributed by atoms with Gasteiger partial charge in [0.25, 0.3) is 5.82 Å². The molecule has 17 heteroatoms. The van der Waals surface area contributed by atoms with Crippen molar-refractivity contribution in [1.82, 2.24) is 14.8 Å². The lowest BCUT2D eigenvalue weighted by atomic mass is 9.98. The summed E-state index contributed by atoms with van der Waals surface area (Å²) < 4.78 is 39.8. The van der Waals surface area contributed by atoms with Crippen LogP contribution in [0.1, 0.15) is 66.8 Å². The molecule has 0 spiro atoms. The van der Waals surface area contributed by atoms with E-state index in [-0.39, 0.29) is 58.5 Å². The average molecular weight is 1000 g/mol. The van der Waals surface area contributed by atoms with Crippen molar-refractivity contribution in [2.75, 3.05) is 46.1 Å². The van der Waals surface area contributed by atoms with Gasteiger partial charge in [-0.2, -0.15) is 0 Å². The first-order chi connectivity index (χ1) is 35.5. The van der Waals surface area contributed by atoms with E-state index in [1.807, 2.05) is 85.8 Å². The third-order valence-electron chi connectivity index (χ3n) is 14.1. The normalized spacial score (nSPS) is 22.6. The molecule has 6 aromatic rings. The number of aromatic nitrogens is 2. The Bertz CT molecular complexity index is 2620. The summed E-state index contributed by atoms with van der Waals surface area (Å²) in [6, 6.07) is 40.4. The first kappa shape index (κ1) is 52.1. The molecular weight excluding hydrogens is 937 g/mol. The lowest BCUT2D eigenvalue weighted by Crippen LogP contribution is -2.56. The van der Waals surface area contributed by atoms with E-state index >= 15 is 0 Å². The second kappa shape index (κ2) is 24.0. The Morgan fingerprint density at radius 1 is 0.740 bits per heavy atom. The molecule has 10 atom stereocenters. The molecule has 1 aromatic heterocycles. The largest absolute Gasteiger partial charge is 0.493 e. The van der Waals surface area contributed by atoms with Crippen LogP contribution in [0.4, 0.5) is 4.79 Å². The Hall–Kier alpha value is -5.80. The summed E-state index contributed by atoms with van der Waals surface area (Å²) >= 11 is 0. The van der Waals surface area contributed by atoms with Crippen LogP contribution in [-0.4, -0.2) is 141 Å². The number of rotatable bonds is 21. The van der Waals surface area contributed by atoms with Gasteiger partial charge in [-0.25, -0.2) is 13.9 Å². The van der Waals surface area contributed by atoms with Gasteiger partial charge >= 0.3 is 6.09 Å². The maximum absolute atomic E-state index is 13.3. The second-order valence-corrected chi connectivity index (χ2v) is 18.8. The minimum absolute atomic E-state index is 0.0524. The van der Waals surface area contributed by atoms with Crippen LogP contribution in [0.25, 0.3) is 22.2 Å². The summed E-state index contributed by atoms with van der Waals surface area (Å²) in [4.78, 5) is 14.9. The molecule has 2 unspecified atom stereocenters. The molecule has 73 heavy (non-hydrogen) atoms. The second-order valence-electron chi connectivity index (χ2n) is 18.8. The van der Waals surface area contributed by atoms with Crippen LogP contribution >= 0.6 is 0 Å². The molecule has 0 bridgehead atoms. The van der Waals surface area contributed by atoms with Crippen LogP contribution in [-0.2, 0) is 43.3 Å². The van der Waals surface area contributed by atoms with Crippen LogP contribution in [0.3, 0.4) is 0 Å². The number of hydrogen-bond acceptors (Lipinski definition) is 14. The number of carbonyl (C=O) groups is 1. The molecule has 2 saturated heterocycles. The third kappa shape index (κ3) is 11.8. The van der Waals surface area contributed by atoms with Gasteiger partial charge in [0.1, 0.15) is 55.5 Å². The lowest BCUT2D eigenvalue weighted by Gasteiger charge is -2.40. The van der Waals surface area contributed by atoms with Gasteiger partial charge in [-0.3, -0.25) is 4.90 Å². The molecule has 9 rings (SSSR count). The molecule has 5 aromatic carbocycles. The maximum Gasteiger partial charge on any atom is 0.407 e. The van der Waals surface area contributed by atoms with Gasteiger partial charge in [0.2, 0.25) is 0 Å². The van der Waals surface area contributed by atoms with Crippen molar-refractivity contribution in [2.45, 2.75) is 107 Å². The fraction of sp³-hybridized carbons (Fsp3) is 0.429. The van der Waals surface area contributed by atoms with Crippen molar-refractivity contribution in [3.05, 3.63) is 155 Å². The van der Waals surface area contributed by atoms with Crippen LogP contribution in [0.15, 0.2) is 127 Å². The fourth-order valence-corrected chi connectivity index (χ4v) is 10.4. The standard InChI is InChI=1S/C56H66N4O13/c1-3-59-43-25-24-37(28-44(43)60(4-2)49(59)29-57-56(67)71-32-42-40-22-13-11-20-38(40)39-21-12-14-23-41(39)42)68-27-15-26-58(30-45(61)50(65)52-47(63)33-69-54(72-52)35-16-7-5-8-17-35)31-46(62)51(66)53-48(64)34-70-55(73-53)36-18-9-6-10-19-36/h5-14,16-25,28,42,45-48,50-55,61-66H,3-4,15,26-27,29-34H2,1-2H3/p+1/t45-,46-,47+,48+,50+,51+,52+,53+,54?,55?/m0/s1. The van der Waals surface area contributed by atoms with E-state index in [0.717, 1.165) is 39.1 Å². The van der Waals surface area contributed by atoms with Crippen LogP contribution in [0, 0.1) is 0 Å². The number of alkyl carbamates (subject to hydrolysis) is 1. The number of imidazole rings is 1. The highest BCUT2D eigenvalue weighted by Crippen LogP contribution is 2.44. The molecule has 3 heterocycles. The molecule has 0 radical (unpaired) electrons. The monoisotopic (exact) mass is 1000 g/mol. The lowest BCUT2D eigenvalue weighted by molar-refractivity contribution is -0.676. The minimum atomic E-state index is -1.57. The highest BCUT2D eigenvalue weighted by molar-refractivity contribution is 5.79. The predicted octanol–water partition coefficient (Wildman–Crippen LogP) is 4.47. The quantitative estimate of drug-likeness (QED) is 0.0391. The summed E-state index contributed by atoms with van der Waals surface area (Å²) in [7, 11) is 0. The van der Waals surface area contributed by atoms with Gasteiger partial charge in [-0.1, -0.05) is 109 Å². The first-order valence-corrected chi connectivity index (χ1v) is 25.2. The Kier molecular flexibility index (Phi) is 17.1. The van der Waals surface area contributed by atoms with Crippen molar-refractivity contribution >= 4 is 17.1 Å². The smallest absolute Gasteiger partial charge is 0.407 e. The van der Waals surface area contributed by atoms with Gasteiger partial charge in [0, 0.05) is 42.7 Å². The van der Waals surface area contributed by atoms with Crippen molar-refractivity contribution in [1.29, 1.82) is 0 Å². The van der Waals surface area contributed by atoms with E-state index in [9.17, 15) is 35.4 Å². The van der Waals surface area contributed by atoms with Crippen LogP contribution in [0.2, 0.25) is 0 Å². The highest BCUT2D eigenvalue weighted by atomic mass is 16.7. The third-order valence-corrected chi connectivity index (χ3v) is 14.1. The van der Waals surface area contributed by atoms with E-state index in [4.69, 9.17) is 28.4 Å². The molecule has 1 aliphatic carbocycles. The number of aliphatic hydroxyl groups is 6. The van der Waals surface area contributed by atoms with E-state index in [1.54, 1.807) is 29.2 Å². The topological polar surface area (TPSA) is 218 Å². The van der Waals surface area contributed by atoms with Crippen molar-refractivity contribution in [3.8, 4) is 16.9 Å². The van der Waals surface area contributed by atoms with Gasteiger partial charge in [0.15, 0.2) is 23.6 Å². The van der Waals surface area contributed by atoms with E-state index in [2.05, 4.69) is 45.6 Å². The number of ether oxygens (including phenoxy) is 6. The highest BCUT2D eigenvalue weighted by Gasteiger charge is 2.42. The summed E-state index contributed by atoms with van der Waals surface area (Å²) in [5, 5.41) is 70.7. The molecule has 17 nitrogen and oxygen atoms in total. The number of aryl methyl sites for hydroxylation is 2. The zero-order valence-corrected chi connectivity index (χ0v) is 41.1. The van der Waals surface area contributed by atoms with Crippen molar-refractivity contribution < 1.29 is 68.4 Å². The summed E-state index contributed by atoms with van der Waals surface area (Å²) in [5.74, 6) is 1.45. The molecule has 0 saturated carbocycles. The Balaban J connectivity index is 0.844. The number of benzene rings is 5. The number of carbonyl (C=O) groups excluding carboxylic acids is 1. The molecule has 1 amide bonds. The summed E-state index contributed by atoms with van der Waals surface area (Å²) in [6.45, 7) is 5.61. The summed E-state index contributed by atoms with van der Waals surface area (Å²) in [6.07, 6.45) is -12.8. The van der Waals surface area contributed by atoms with Crippen molar-refractivity contribution in [2.24, 2.45) is 0 Å². The van der Waals surface area contributed by atoms with E-state index in [0.29, 0.717) is 36.4 Å². The maximum atomic E-state index is 13.3. The molecule has 2 fully saturated rings. The van der Waals surface area contributed by atoms with Crippen LogP contribution < -0.4 is 14.6 Å². The minimum Gasteiger partial charge on any atom is -0.493 e. The van der Waals surface area contributed by atoms with Gasteiger partial charge in [-0.05, 0) is 54.7 Å². The Morgan fingerprint density at radius 3 is 1.81 bits per heavy atom. The summed E-state index contributed by atoms with van der Waals surface area (Å²) in [5.41, 5.74) is 7.86. The molecule has 2 aliphatic heterocycles. The molecule has 388 valence electrons. The van der Waals surface area contributed by atoms with E-state index in [1.165, 1.54) is 0 Å². The molecule has 3 aliphatic rings. The fourth-order valence-electron chi connectivity index (χ4n) is 10.4. The Morgan fingerprint density at radius 2 is 1.27 bits per heavy atom. The number of nitrogens with zero attached hydrogens (tertiary/aromatic N) is 3. The zero-order valence-electron chi connectivity index (χ0n) is 41.1. The van der Waals surface area contributed by atoms with Crippen LogP contribution in [0.5, 0.6) is 5.75 Å². The van der Waals surface area contributed by atoms with Gasteiger partial charge in [-0.15, -0.1) is 0 Å². The van der Waals surface area contributed by atoms with Gasteiger partial charge in [0.05, 0.1) is 45.1 Å². The average Bonchev–Trinajstić information content (AvgIpc) is 3.91. The number of fused-ring (bicyclic) bond motifs is 4. The number of aliphatic hydroxyl groups excluding tert-OH is 6. The number of amides is 1. The molecular formula is C56H67N4O13+. The number of hydrogen-bond donors (Lipinski definition) is 7. The Labute approximate surface area is 424 Å². The van der Waals surface area contributed by atoms with Crippen molar-refractivity contribution in [3.63, 3.8) is 0 Å². The van der Waals surface area contributed by atoms with E-state index < -0.39 is 67.5 Å². The molecule has 7 N–H and O–H groups in total. The SMILES string of the molecule is CCn1c(CNC(=O)OCC2c3ccccc3-c3ccccc32)[n+](CC)c2ccc(OCCCN(C[C@H](O)[C@@H](O)[C@@H]3OC(c4ccccc4)OC[C@H]3O)C[C@H](O)[C@@H](O)[C@@H]3OC(c4ccccc4)OC[C@H]3O)cc21. The predicted molar refractivity (Wildman–Crippen MR) is 268 cm³/mol. The number of nitrogens with one attached hydrogen (secondary N) is 1. The van der Waals surface area contributed by atoms with Gasteiger partial charge < -0.3 is 64.4 Å². The first-order valence-electron chi connectivity index (χ1n) is 25.2.